The molecule has 150 valence electrons. The number of benzene rings is 2. The molecule has 2 amide bonds. The third-order valence-electron chi connectivity index (χ3n) is 4.00. The zero-order valence-electron chi connectivity index (χ0n) is 15.7. The van der Waals surface area contributed by atoms with Crippen molar-refractivity contribution < 1.29 is 19.2 Å². The highest BCUT2D eigenvalue weighted by atomic mass is 32.2. The molecule has 0 radical (unpaired) electrons. The third kappa shape index (κ3) is 4.91. The highest BCUT2D eigenvalue weighted by Crippen LogP contribution is 2.39. The minimum atomic E-state index is -0.442. The van der Waals surface area contributed by atoms with Gasteiger partial charge in [-0.15, -0.1) is 5.10 Å². The van der Waals surface area contributed by atoms with Crippen LogP contribution in [0.15, 0.2) is 53.6 Å². The number of hydrogen-bond donors (Lipinski definition) is 1. The Bertz CT molecular complexity index is 977. The van der Waals surface area contributed by atoms with Crippen LogP contribution in [0.2, 0.25) is 0 Å². The van der Waals surface area contributed by atoms with E-state index in [9.17, 15) is 19.7 Å². The Hall–Kier alpha value is -3.40. The Morgan fingerprint density at radius 2 is 1.90 bits per heavy atom. The molecule has 3 rings (SSSR count). The van der Waals surface area contributed by atoms with Crippen LogP contribution in [0.5, 0.6) is 5.75 Å². The van der Waals surface area contributed by atoms with E-state index in [1.807, 2.05) is 0 Å². The van der Waals surface area contributed by atoms with Gasteiger partial charge in [-0.2, -0.15) is 0 Å². The Balaban J connectivity index is 1.70. The number of nitro groups is 1. The molecule has 10 heteroatoms. The van der Waals surface area contributed by atoms with Gasteiger partial charge in [-0.05, 0) is 23.8 Å². The summed E-state index contributed by atoms with van der Waals surface area (Å²) in [5, 5.41) is 19.1. The molecule has 2 aromatic carbocycles. The van der Waals surface area contributed by atoms with Crippen molar-refractivity contribution in [3.05, 3.63) is 69.8 Å². The topological polar surface area (TPSA) is 114 Å². The lowest BCUT2D eigenvalue weighted by Gasteiger charge is -2.19. The molecular formula is C19H18N4O5S. The summed E-state index contributed by atoms with van der Waals surface area (Å²) < 4.78 is 5.67. The Morgan fingerprint density at radius 1 is 1.21 bits per heavy atom. The van der Waals surface area contributed by atoms with Crippen molar-refractivity contribution in [3.8, 4) is 5.75 Å². The smallest absolute Gasteiger partial charge is 0.276 e. The average Bonchev–Trinajstić information content (AvgIpc) is 3.10. The van der Waals surface area contributed by atoms with Gasteiger partial charge in [0.15, 0.2) is 5.17 Å². The van der Waals surface area contributed by atoms with Gasteiger partial charge < -0.3 is 10.1 Å². The Labute approximate surface area is 170 Å². The van der Waals surface area contributed by atoms with Crippen LogP contribution in [0.4, 0.5) is 5.69 Å². The zero-order chi connectivity index (χ0) is 21.0. The van der Waals surface area contributed by atoms with Gasteiger partial charge in [0, 0.05) is 19.9 Å². The second-order valence-corrected chi connectivity index (χ2v) is 7.23. The lowest BCUT2D eigenvalue weighted by Crippen LogP contribution is -2.25. The summed E-state index contributed by atoms with van der Waals surface area (Å²) in [7, 11) is 0. The number of rotatable bonds is 5. The first kappa shape index (κ1) is 20.3. The third-order valence-corrected chi connectivity index (χ3v) is 5.10. The molecule has 0 saturated heterocycles. The van der Waals surface area contributed by atoms with Gasteiger partial charge in [-0.3, -0.25) is 19.7 Å². The number of thioether (sulfide) groups is 1. The zero-order valence-corrected chi connectivity index (χ0v) is 16.5. The monoisotopic (exact) mass is 414 g/mol. The highest BCUT2D eigenvalue weighted by molar-refractivity contribution is 8.14. The van der Waals surface area contributed by atoms with Crippen molar-refractivity contribution >= 4 is 34.4 Å². The second kappa shape index (κ2) is 8.74. The van der Waals surface area contributed by atoms with Crippen LogP contribution in [0.3, 0.4) is 0 Å². The summed E-state index contributed by atoms with van der Waals surface area (Å²) in [6.45, 7) is 2.83. The molecule has 29 heavy (non-hydrogen) atoms. The summed E-state index contributed by atoms with van der Waals surface area (Å²) in [5.74, 6) is 0.0194. The molecule has 0 spiro atoms. The first-order chi connectivity index (χ1) is 13.8. The van der Waals surface area contributed by atoms with Crippen molar-refractivity contribution in [2.45, 2.75) is 25.8 Å². The van der Waals surface area contributed by atoms with Crippen LogP contribution in [0, 0.1) is 10.1 Å². The van der Waals surface area contributed by atoms with Crippen molar-refractivity contribution in [3.63, 3.8) is 0 Å². The molecule has 1 heterocycles. The van der Waals surface area contributed by atoms with Crippen molar-refractivity contribution in [1.29, 1.82) is 0 Å². The predicted molar refractivity (Wildman–Crippen MR) is 108 cm³/mol. The van der Waals surface area contributed by atoms with Gasteiger partial charge in [-0.1, -0.05) is 36.0 Å². The van der Waals surface area contributed by atoms with E-state index in [0.717, 1.165) is 5.56 Å². The van der Waals surface area contributed by atoms with Crippen molar-refractivity contribution in [1.82, 2.24) is 10.3 Å². The molecule has 1 aliphatic heterocycles. The number of nitro benzene ring substituents is 1. The minimum Gasteiger partial charge on any atom is -0.489 e. The fourth-order valence-corrected chi connectivity index (χ4v) is 3.82. The number of para-hydroxylation sites is 1. The van der Waals surface area contributed by atoms with Crippen molar-refractivity contribution in [2.75, 3.05) is 0 Å². The summed E-state index contributed by atoms with van der Waals surface area (Å²) in [5.41, 5.74) is 1.28. The number of hydrogen-bond acceptors (Lipinski definition) is 7. The molecule has 0 fully saturated rings. The first-order valence-electron chi connectivity index (χ1n) is 8.63. The molecule has 9 nitrogen and oxygen atoms in total. The molecule has 0 bridgehead atoms. The van der Waals surface area contributed by atoms with Crippen molar-refractivity contribution in [2.24, 2.45) is 5.10 Å². The van der Waals surface area contributed by atoms with Crippen LogP contribution in [-0.2, 0) is 16.2 Å². The van der Waals surface area contributed by atoms with Gasteiger partial charge in [0.05, 0.1) is 10.5 Å². The molecule has 0 unspecified atom stereocenters. The first-order valence-corrected chi connectivity index (χ1v) is 9.51. The lowest BCUT2D eigenvalue weighted by atomic mass is 10.2. The minimum absolute atomic E-state index is 0.00576. The lowest BCUT2D eigenvalue weighted by molar-refractivity contribution is -0.385. The van der Waals surface area contributed by atoms with E-state index in [2.05, 4.69) is 10.4 Å². The fraction of sp³-hybridized carbons (Fsp3) is 0.211. The van der Waals surface area contributed by atoms with Crippen LogP contribution in [0.1, 0.15) is 30.3 Å². The number of carbonyl (C=O) groups excluding carboxylic acids is 2. The average molecular weight is 414 g/mol. The largest absolute Gasteiger partial charge is 0.489 e. The Morgan fingerprint density at radius 3 is 2.52 bits per heavy atom. The highest BCUT2D eigenvalue weighted by Gasteiger charge is 2.32. The summed E-state index contributed by atoms with van der Waals surface area (Å²) in [6.07, 6.45) is 0. The van der Waals surface area contributed by atoms with Crippen LogP contribution in [-0.4, -0.2) is 26.9 Å². The fourth-order valence-electron chi connectivity index (χ4n) is 2.68. The van der Waals surface area contributed by atoms with Gasteiger partial charge in [-0.25, -0.2) is 5.01 Å². The maximum atomic E-state index is 11.9. The number of hydrazone groups is 1. The molecule has 1 aliphatic rings. The molecule has 1 N–H and O–H groups in total. The number of ether oxygens (including phenoxy) is 1. The van der Waals surface area contributed by atoms with E-state index in [0.29, 0.717) is 16.5 Å². The van der Waals surface area contributed by atoms with E-state index < -0.39 is 10.3 Å². The second-order valence-electron chi connectivity index (χ2n) is 6.16. The normalized spacial score (nSPS) is 15.6. The maximum absolute atomic E-state index is 11.9. The number of carbonyl (C=O) groups is 2. The molecule has 0 aromatic heterocycles. The number of amidine groups is 1. The van der Waals surface area contributed by atoms with Gasteiger partial charge in [0.1, 0.15) is 17.7 Å². The number of nitrogens with zero attached hydrogens (tertiary/aromatic N) is 3. The van der Waals surface area contributed by atoms with E-state index in [1.165, 1.54) is 36.7 Å². The SMILES string of the molecule is CC(=O)NC1=NN(C(C)=O)[C@@H](c2ccc(OCc3ccccc3[N+](=O)[O-])cc2)S1. The summed E-state index contributed by atoms with van der Waals surface area (Å²) >= 11 is 1.26. The molecular weight excluding hydrogens is 396 g/mol. The molecule has 1 atom stereocenters. The predicted octanol–water partition coefficient (Wildman–Crippen LogP) is 3.17. The van der Waals surface area contributed by atoms with Crippen LogP contribution >= 0.6 is 11.8 Å². The van der Waals surface area contributed by atoms with E-state index in [4.69, 9.17) is 4.74 Å². The van der Waals surface area contributed by atoms with Gasteiger partial charge >= 0.3 is 0 Å². The number of amides is 2. The molecule has 2 aromatic rings. The van der Waals surface area contributed by atoms with E-state index >= 15 is 0 Å². The van der Waals surface area contributed by atoms with Crippen LogP contribution < -0.4 is 10.1 Å². The summed E-state index contributed by atoms with van der Waals surface area (Å²) in [4.78, 5) is 33.8. The molecule has 0 aliphatic carbocycles. The molecule has 0 saturated carbocycles. The maximum Gasteiger partial charge on any atom is 0.276 e. The van der Waals surface area contributed by atoms with Crippen LogP contribution in [0.25, 0.3) is 0 Å². The Kier molecular flexibility index (Phi) is 6.13. The van der Waals surface area contributed by atoms with E-state index in [1.54, 1.807) is 42.5 Å². The standard InChI is InChI=1S/C19H18N4O5S/c1-12(24)20-19-21-22(13(2)25)18(29-19)14-7-9-16(10-8-14)28-11-15-5-3-4-6-17(15)23(26)27/h3-10,18H,11H2,1-2H3,(H,20,21,24)/t18-/m1/s1. The van der Waals surface area contributed by atoms with Gasteiger partial charge in [0.2, 0.25) is 11.8 Å². The number of nitrogens with one attached hydrogen (secondary N) is 1. The van der Waals surface area contributed by atoms with Gasteiger partial charge in [0.25, 0.3) is 5.69 Å². The van der Waals surface area contributed by atoms with E-state index in [-0.39, 0.29) is 24.1 Å². The summed E-state index contributed by atoms with van der Waals surface area (Å²) in [6, 6.07) is 13.4. The quantitative estimate of drug-likeness (QED) is 0.594.